The maximum atomic E-state index is 11.8. The summed E-state index contributed by atoms with van der Waals surface area (Å²) in [5.41, 5.74) is 3.59. The highest BCUT2D eigenvalue weighted by molar-refractivity contribution is 7.90. The zero-order valence-corrected chi connectivity index (χ0v) is 17.9. The van der Waals surface area contributed by atoms with Gasteiger partial charge >= 0.3 is 0 Å². The molecule has 2 unspecified atom stereocenters. The Bertz CT molecular complexity index is 1120. The van der Waals surface area contributed by atoms with Crippen LogP contribution in [0, 0.1) is 5.92 Å². The van der Waals surface area contributed by atoms with E-state index in [0.29, 0.717) is 22.3 Å². The number of nitrogens with one attached hydrogen (secondary N) is 1. The molecule has 160 valence electrons. The van der Waals surface area contributed by atoms with E-state index < -0.39 is 15.9 Å². The lowest BCUT2D eigenvalue weighted by Crippen LogP contribution is -2.13. The van der Waals surface area contributed by atoms with Gasteiger partial charge in [-0.05, 0) is 60.9 Å². The Morgan fingerprint density at radius 1 is 1.13 bits per heavy atom. The van der Waals surface area contributed by atoms with Crippen molar-refractivity contribution >= 4 is 20.9 Å². The van der Waals surface area contributed by atoms with E-state index in [1.807, 2.05) is 18.2 Å². The second-order valence-electron chi connectivity index (χ2n) is 8.40. The number of aliphatic hydroxyl groups is 2. The van der Waals surface area contributed by atoms with Gasteiger partial charge in [-0.15, -0.1) is 0 Å². The van der Waals surface area contributed by atoms with Gasteiger partial charge in [-0.1, -0.05) is 25.0 Å². The lowest BCUT2D eigenvalue weighted by molar-refractivity contribution is 0.0955. The molecule has 2 heterocycles. The summed E-state index contributed by atoms with van der Waals surface area (Å²) in [6, 6.07) is 11.2. The van der Waals surface area contributed by atoms with Gasteiger partial charge in [-0.25, -0.2) is 13.4 Å². The zero-order chi connectivity index (χ0) is 21.3. The number of nitrogens with zero attached hydrogens (tertiary/aromatic N) is 1. The van der Waals surface area contributed by atoms with E-state index in [1.54, 1.807) is 18.3 Å². The van der Waals surface area contributed by atoms with Crippen molar-refractivity contribution < 1.29 is 18.6 Å². The van der Waals surface area contributed by atoms with Gasteiger partial charge in [0, 0.05) is 29.1 Å². The normalized spacial score (nSPS) is 17.4. The molecule has 0 radical (unpaired) electrons. The minimum Gasteiger partial charge on any atom is -0.393 e. The van der Waals surface area contributed by atoms with Crippen LogP contribution in [0.15, 0.2) is 47.5 Å². The van der Waals surface area contributed by atoms with Crippen LogP contribution in [0.2, 0.25) is 0 Å². The molecule has 1 aliphatic carbocycles. The molecule has 1 aromatic carbocycles. The van der Waals surface area contributed by atoms with E-state index in [0.717, 1.165) is 28.7 Å². The molecule has 3 N–H and O–H groups in total. The van der Waals surface area contributed by atoms with Crippen molar-refractivity contribution in [3.8, 4) is 0 Å². The van der Waals surface area contributed by atoms with Crippen molar-refractivity contribution in [1.82, 2.24) is 9.97 Å². The number of fused-ring (bicyclic) bond motifs is 1. The van der Waals surface area contributed by atoms with Gasteiger partial charge in [-0.2, -0.15) is 0 Å². The Balaban J connectivity index is 1.63. The lowest BCUT2D eigenvalue weighted by atomic mass is 9.82. The third-order valence-electron chi connectivity index (χ3n) is 6.25. The summed E-state index contributed by atoms with van der Waals surface area (Å²) in [6.07, 6.45) is 7.54. The molecule has 30 heavy (non-hydrogen) atoms. The van der Waals surface area contributed by atoms with Gasteiger partial charge < -0.3 is 15.2 Å². The lowest BCUT2D eigenvalue weighted by Gasteiger charge is -2.24. The molecule has 7 heteroatoms. The summed E-state index contributed by atoms with van der Waals surface area (Å²) in [5.74, 6) is 0.872. The quantitative estimate of drug-likeness (QED) is 0.534. The standard InChI is InChI=1S/C23H28N2O4S/c1-30(28,29)20-8-6-16(7-9-20)21(15-4-2-3-5-15)12-19-11-17-10-18(22(27)14-26)13-24-23(17)25-19/h6-11,13,15,21-22,26-27H,2-5,12,14H2,1H3,(H,24,25). The van der Waals surface area contributed by atoms with Crippen molar-refractivity contribution in [1.29, 1.82) is 0 Å². The fourth-order valence-electron chi connectivity index (χ4n) is 4.60. The van der Waals surface area contributed by atoms with E-state index in [4.69, 9.17) is 0 Å². The Morgan fingerprint density at radius 3 is 2.47 bits per heavy atom. The van der Waals surface area contributed by atoms with Crippen LogP contribution in [-0.4, -0.2) is 41.5 Å². The fraction of sp³-hybridized carbons (Fsp3) is 0.435. The summed E-state index contributed by atoms with van der Waals surface area (Å²) in [7, 11) is -3.21. The molecule has 4 rings (SSSR count). The molecular weight excluding hydrogens is 400 g/mol. The molecular formula is C23H28N2O4S. The van der Waals surface area contributed by atoms with Gasteiger partial charge in [0.15, 0.2) is 9.84 Å². The van der Waals surface area contributed by atoms with Crippen molar-refractivity contribution in [2.24, 2.45) is 5.92 Å². The van der Waals surface area contributed by atoms with Crippen molar-refractivity contribution in [2.75, 3.05) is 12.9 Å². The molecule has 1 fully saturated rings. The number of hydrogen-bond acceptors (Lipinski definition) is 5. The second-order valence-corrected chi connectivity index (χ2v) is 10.4. The third-order valence-corrected chi connectivity index (χ3v) is 7.38. The molecule has 3 aromatic rings. The second kappa shape index (κ2) is 8.49. The van der Waals surface area contributed by atoms with E-state index in [9.17, 15) is 18.6 Å². The van der Waals surface area contributed by atoms with E-state index in [2.05, 4.69) is 16.0 Å². The molecule has 0 aliphatic heterocycles. The molecule has 2 atom stereocenters. The summed E-state index contributed by atoms with van der Waals surface area (Å²) >= 11 is 0. The van der Waals surface area contributed by atoms with Crippen LogP contribution in [-0.2, 0) is 16.3 Å². The zero-order valence-electron chi connectivity index (χ0n) is 17.1. The highest BCUT2D eigenvalue weighted by Crippen LogP contribution is 2.39. The van der Waals surface area contributed by atoms with Crippen molar-refractivity contribution in [3.63, 3.8) is 0 Å². The number of rotatable bonds is 7. The Kier molecular flexibility index (Phi) is 5.95. The first-order valence-electron chi connectivity index (χ1n) is 10.4. The number of aromatic nitrogens is 2. The Labute approximate surface area is 176 Å². The third kappa shape index (κ3) is 4.43. The Hall–Kier alpha value is -2.22. The molecule has 1 aliphatic rings. The highest BCUT2D eigenvalue weighted by atomic mass is 32.2. The number of sulfone groups is 1. The fourth-order valence-corrected chi connectivity index (χ4v) is 5.23. The molecule has 0 saturated heterocycles. The van der Waals surface area contributed by atoms with Crippen LogP contribution >= 0.6 is 0 Å². The van der Waals surface area contributed by atoms with E-state index >= 15 is 0 Å². The molecule has 0 bridgehead atoms. The predicted octanol–water partition coefficient (Wildman–Crippen LogP) is 3.51. The number of H-pyrrole nitrogens is 1. The van der Waals surface area contributed by atoms with Gasteiger partial charge in [0.05, 0.1) is 11.5 Å². The predicted molar refractivity (Wildman–Crippen MR) is 116 cm³/mol. The first-order valence-corrected chi connectivity index (χ1v) is 12.3. The number of aliphatic hydroxyl groups excluding tert-OH is 2. The van der Waals surface area contributed by atoms with Crippen LogP contribution in [0.3, 0.4) is 0 Å². The average Bonchev–Trinajstić information content (AvgIpc) is 3.39. The largest absolute Gasteiger partial charge is 0.393 e. The molecule has 0 spiro atoms. The summed E-state index contributed by atoms with van der Waals surface area (Å²) in [6.45, 7) is -0.336. The monoisotopic (exact) mass is 428 g/mol. The smallest absolute Gasteiger partial charge is 0.175 e. The van der Waals surface area contributed by atoms with E-state index in [1.165, 1.54) is 31.9 Å². The van der Waals surface area contributed by atoms with Gasteiger partial charge in [0.2, 0.25) is 0 Å². The van der Waals surface area contributed by atoms with Crippen LogP contribution in [0.4, 0.5) is 0 Å². The topological polar surface area (TPSA) is 103 Å². The Morgan fingerprint density at radius 2 is 1.83 bits per heavy atom. The van der Waals surface area contributed by atoms with Crippen LogP contribution in [0.1, 0.15) is 54.5 Å². The SMILES string of the molecule is CS(=O)(=O)c1ccc(C(Cc2cc3cc(C(O)CO)cnc3[nH]2)C2CCCC2)cc1. The first kappa shape index (κ1) is 21.0. The number of pyridine rings is 1. The minimum atomic E-state index is -3.21. The molecule has 0 amide bonds. The summed E-state index contributed by atoms with van der Waals surface area (Å²) < 4.78 is 23.6. The molecule has 2 aromatic heterocycles. The maximum Gasteiger partial charge on any atom is 0.175 e. The first-order chi connectivity index (χ1) is 14.3. The minimum absolute atomic E-state index is 0.302. The summed E-state index contributed by atoms with van der Waals surface area (Å²) in [5, 5.41) is 20.0. The number of hydrogen-bond donors (Lipinski definition) is 3. The highest BCUT2D eigenvalue weighted by Gasteiger charge is 2.27. The number of aromatic amines is 1. The van der Waals surface area contributed by atoms with Crippen LogP contribution < -0.4 is 0 Å². The molecule has 1 saturated carbocycles. The van der Waals surface area contributed by atoms with Crippen molar-refractivity contribution in [2.45, 2.75) is 49.0 Å². The van der Waals surface area contributed by atoms with Crippen LogP contribution in [0.5, 0.6) is 0 Å². The van der Waals surface area contributed by atoms with Crippen LogP contribution in [0.25, 0.3) is 11.0 Å². The van der Waals surface area contributed by atoms with Crippen molar-refractivity contribution in [3.05, 3.63) is 59.4 Å². The average molecular weight is 429 g/mol. The van der Waals surface area contributed by atoms with Gasteiger partial charge in [-0.3, -0.25) is 0 Å². The van der Waals surface area contributed by atoms with E-state index in [-0.39, 0.29) is 6.61 Å². The van der Waals surface area contributed by atoms with Gasteiger partial charge in [0.1, 0.15) is 11.8 Å². The van der Waals surface area contributed by atoms with Gasteiger partial charge in [0.25, 0.3) is 0 Å². The maximum absolute atomic E-state index is 11.8. The number of benzene rings is 1. The molecule has 6 nitrogen and oxygen atoms in total. The summed E-state index contributed by atoms with van der Waals surface area (Å²) in [4.78, 5) is 8.13.